The molecule has 1 saturated heterocycles. The second-order valence-electron chi connectivity index (χ2n) is 5.96. The fraction of sp³-hybridized carbons (Fsp3) is 0.471. The number of aromatic amines is 1. The minimum absolute atomic E-state index is 0.0569. The van der Waals surface area contributed by atoms with Gasteiger partial charge in [0.2, 0.25) is 5.91 Å². The molecule has 0 bridgehead atoms. The van der Waals surface area contributed by atoms with Crippen LogP contribution in [0.1, 0.15) is 32.6 Å². The van der Waals surface area contributed by atoms with E-state index in [4.69, 9.17) is 4.74 Å². The molecule has 6 nitrogen and oxygen atoms in total. The predicted molar refractivity (Wildman–Crippen MR) is 87.8 cm³/mol. The van der Waals surface area contributed by atoms with Crippen molar-refractivity contribution in [1.82, 2.24) is 15.2 Å². The molecular formula is C17H22N4O2. The molecule has 2 aromatic rings. The minimum Gasteiger partial charge on any atom is -0.378 e. The van der Waals surface area contributed by atoms with E-state index in [-0.39, 0.29) is 5.91 Å². The summed E-state index contributed by atoms with van der Waals surface area (Å²) in [6.45, 7) is 2.89. The summed E-state index contributed by atoms with van der Waals surface area (Å²) in [5.41, 5.74) is 1.68. The summed E-state index contributed by atoms with van der Waals surface area (Å²) in [5, 5.41) is 9.65. The molecule has 1 fully saturated rings. The highest BCUT2D eigenvalue weighted by Crippen LogP contribution is 2.25. The molecule has 23 heavy (non-hydrogen) atoms. The Balaban J connectivity index is 1.58. The first-order chi connectivity index (χ1) is 11.2. The number of anilines is 1. The molecule has 1 aromatic carbocycles. The van der Waals surface area contributed by atoms with Crippen LogP contribution in [0.3, 0.4) is 0 Å². The van der Waals surface area contributed by atoms with E-state index in [9.17, 15) is 4.79 Å². The molecule has 1 aliphatic heterocycles. The van der Waals surface area contributed by atoms with Gasteiger partial charge < -0.3 is 10.1 Å². The highest BCUT2D eigenvalue weighted by molar-refractivity contribution is 5.91. The van der Waals surface area contributed by atoms with Crippen molar-refractivity contribution in [1.29, 1.82) is 0 Å². The van der Waals surface area contributed by atoms with E-state index in [1.807, 2.05) is 24.3 Å². The first kappa shape index (κ1) is 15.7. The van der Waals surface area contributed by atoms with Gasteiger partial charge in [0.05, 0.1) is 6.10 Å². The highest BCUT2D eigenvalue weighted by atomic mass is 16.5. The number of aromatic nitrogens is 3. The number of H-pyrrole nitrogens is 1. The highest BCUT2D eigenvalue weighted by Gasteiger charge is 2.23. The fourth-order valence-electron chi connectivity index (χ4n) is 2.99. The van der Waals surface area contributed by atoms with E-state index in [0.29, 0.717) is 24.3 Å². The van der Waals surface area contributed by atoms with Gasteiger partial charge in [0.15, 0.2) is 5.82 Å². The zero-order valence-corrected chi connectivity index (χ0v) is 13.3. The number of ether oxygens (including phenoxy) is 1. The van der Waals surface area contributed by atoms with E-state index in [2.05, 4.69) is 27.4 Å². The number of nitrogens with zero attached hydrogens (tertiary/aromatic N) is 2. The van der Waals surface area contributed by atoms with Gasteiger partial charge in [0, 0.05) is 24.3 Å². The molecule has 6 heteroatoms. The summed E-state index contributed by atoms with van der Waals surface area (Å²) in [5.74, 6) is 1.16. The van der Waals surface area contributed by atoms with Crippen LogP contribution in [0, 0.1) is 5.92 Å². The largest absolute Gasteiger partial charge is 0.378 e. The molecule has 0 spiro atoms. The zero-order valence-electron chi connectivity index (χ0n) is 13.3. The van der Waals surface area contributed by atoms with Crippen molar-refractivity contribution in [2.75, 3.05) is 11.9 Å². The Bertz CT molecular complexity index is 642. The summed E-state index contributed by atoms with van der Waals surface area (Å²) in [4.78, 5) is 16.4. The first-order valence-corrected chi connectivity index (χ1v) is 8.12. The zero-order chi connectivity index (χ0) is 16.1. The molecule has 1 aromatic heterocycles. The Morgan fingerprint density at radius 2 is 2.39 bits per heavy atom. The van der Waals surface area contributed by atoms with Crippen LogP contribution in [0.15, 0.2) is 30.6 Å². The Kier molecular flexibility index (Phi) is 5.02. The summed E-state index contributed by atoms with van der Waals surface area (Å²) >= 11 is 0. The number of carbonyl (C=O) groups is 1. The van der Waals surface area contributed by atoms with Crippen molar-refractivity contribution in [3.63, 3.8) is 0 Å². The van der Waals surface area contributed by atoms with Gasteiger partial charge in [-0.2, -0.15) is 5.10 Å². The van der Waals surface area contributed by atoms with Crippen molar-refractivity contribution >= 4 is 11.6 Å². The Labute approximate surface area is 135 Å². The van der Waals surface area contributed by atoms with Gasteiger partial charge in [-0.3, -0.25) is 9.89 Å². The summed E-state index contributed by atoms with van der Waals surface area (Å²) in [7, 11) is 0. The second-order valence-corrected chi connectivity index (χ2v) is 5.96. The minimum atomic E-state index is 0.0569. The molecule has 0 aliphatic carbocycles. The van der Waals surface area contributed by atoms with Gasteiger partial charge in [-0.15, -0.1) is 0 Å². The number of hydrogen-bond donors (Lipinski definition) is 2. The Morgan fingerprint density at radius 3 is 3.17 bits per heavy atom. The SMILES string of the molecule is CCC1CC(CC(=O)Nc2cccc(-c3ncn[nH]3)c2)CCO1. The molecule has 0 saturated carbocycles. The number of benzene rings is 1. The lowest BCUT2D eigenvalue weighted by Gasteiger charge is -2.28. The number of carbonyl (C=O) groups excluding carboxylic acids is 1. The number of nitrogens with one attached hydrogen (secondary N) is 2. The van der Waals surface area contributed by atoms with E-state index in [0.717, 1.165) is 37.1 Å². The predicted octanol–water partition coefficient (Wildman–Crippen LogP) is 3.01. The van der Waals surface area contributed by atoms with Crippen LogP contribution in [0.25, 0.3) is 11.4 Å². The van der Waals surface area contributed by atoms with Crippen molar-refractivity contribution in [3.8, 4) is 11.4 Å². The average Bonchev–Trinajstić information content (AvgIpc) is 3.09. The lowest BCUT2D eigenvalue weighted by Crippen LogP contribution is -2.28. The standard InChI is InChI=1S/C17H22N4O2/c1-2-15-8-12(6-7-23-15)9-16(22)20-14-5-3-4-13(10-14)17-18-11-19-21-17/h3-5,10-12,15H,2,6-9H2,1H3,(H,20,22)(H,18,19,21). The quantitative estimate of drug-likeness (QED) is 0.889. The molecule has 1 aliphatic rings. The van der Waals surface area contributed by atoms with E-state index >= 15 is 0 Å². The number of rotatable bonds is 5. The molecule has 2 atom stereocenters. The van der Waals surface area contributed by atoms with Crippen molar-refractivity contribution in [3.05, 3.63) is 30.6 Å². The van der Waals surface area contributed by atoms with Gasteiger partial charge in [-0.05, 0) is 37.3 Å². The van der Waals surface area contributed by atoms with Gasteiger partial charge >= 0.3 is 0 Å². The second kappa shape index (κ2) is 7.37. The third-order valence-corrected chi connectivity index (χ3v) is 4.24. The van der Waals surface area contributed by atoms with Crippen LogP contribution >= 0.6 is 0 Å². The van der Waals surface area contributed by atoms with Crippen LogP contribution < -0.4 is 5.32 Å². The van der Waals surface area contributed by atoms with Crippen molar-refractivity contribution in [2.45, 2.75) is 38.7 Å². The van der Waals surface area contributed by atoms with E-state index < -0.39 is 0 Å². The summed E-state index contributed by atoms with van der Waals surface area (Å²) in [6.07, 6.45) is 5.26. The van der Waals surface area contributed by atoms with Crippen LogP contribution in [0.5, 0.6) is 0 Å². The monoisotopic (exact) mass is 314 g/mol. The average molecular weight is 314 g/mol. The van der Waals surface area contributed by atoms with Crippen LogP contribution in [-0.2, 0) is 9.53 Å². The molecule has 2 unspecified atom stereocenters. The Hall–Kier alpha value is -2.21. The number of hydrogen-bond acceptors (Lipinski definition) is 4. The molecule has 3 rings (SSSR count). The van der Waals surface area contributed by atoms with Gasteiger partial charge in [0.25, 0.3) is 0 Å². The Morgan fingerprint density at radius 1 is 1.48 bits per heavy atom. The van der Waals surface area contributed by atoms with Gasteiger partial charge in [-0.25, -0.2) is 4.98 Å². The summed E-state index contributed by atoms with van der Waals surface area (Å²) < 4.78 is 5.67. The molecular weight excluding hydrogens is 292 g/mol. The fourth-order valence-corrected chi connectivity index (χ4v) is 2.99. The maximum Gasteiger partial charge on any atom is 0.224 e. The van der Waals surface area contributed by atoms with Gasteiger partial charge in [0.1, 0.15) is 6.33 Å². The van der Waals surface area contributed by atoms with Crippen LogP contribution in [0.4, 0.5) is 5.69 Å². The lowest BCUT2D eigenvalue weighted by molar-refractivity contribution is -0.118. The van der Waals surface area contributed by atoms with Crippen LogP contribution in [-0.4, -0.2) is 33.8 Å². The molecule has 122 valence electrons. The summed E-state index contributed by atoms with van der Waals surface area (Å²) in [6, 6.07) is 7.61. The molecule has 1 amide bonds. The number of amides is 1. The smallest absolute Gasteiger partial charge is 0.224 e. The molecule has 2 heterocycles. The third kappa shape index (κ3) is 4.16. The molecule has 2 N–H and O–H groups in total. The maximum absolute atomic E-state index is 12.3. The van der Waals surface area contributed by atoms with Gasteiger partial charge in [-0.1, -0.05) is 19.1 Å². The van der Waals surface area contributed by atoms with E-state index in [1.165, 1.54) is 6.33 Å². The topological polar surface area (TPSA) is 79.9 Å². The maximum atomic E-state index is 12.3. The first-order valence-electron chi connectivity index (χ1n) is 8.12. The lowest BCUT2D eigenvalue weighted by atomic mass is 9.91. The third-order valence-electron chi connectivity index (χ3n) is 4.24. The van der Waals surface area contributed by atoms with Crippen LogP contribution in [0.2, 0.25) is 0 Å². The van der Waals surface area contributed by atoms with Crippen molar-refractivity contribution in [2.24, 2.45) is 5.92 Å². The van der Waals surface area contributed by atoms with E-state index in [1.54, 1.807) is 0 Å². The normalized spacial score (nSPS) is 21.1. The molecule has 0 radical (unpaired) electrons. The van der Waals surface area contributed by atoms with Crippen molar-refractivity contribution < 1.29 is 9.53 Å².